The quantitative estimate of drug-likeness (QED) is 0.676. The number of nitrogens with zero attached hydrogens (tertiary/aromatic N) is 2. The molecule has 1 aliphatic heterocycles. The normalized spacial score (nSPS) is 22.4. The molecular weight excluding hydrogens is 281 g/mol. The fourth-order valence-electron chi connectivity index (χ4n) is 4.03. The Labute approximate surface area is 129 Å². The van der Waals surface area contributed by atoms with Gasteiger partial charge in [0.1, 0.15) is 17.9 Å². The van der Waals surface area contributed by atoms with Crippen molar-refractivity contribution in [2.75, 3.05) is 0 Å². The van der Waals surface area contributed by atoms with E-state index in [2.05, 4.69) is 14.5 Å². The van der Waals surface area contributed by atoms with E-state index in [0.717, 1.165) is 29.8 Å². The molecule has 4 nitrogen and oxygen atoms in total. The van der Waals surface area contributed by atoms with Crippen LogP contribution in [0.5, 0.6) is 0 Å². The minimum absolute atomic E-state index is 0.0797. The Bertz CT molecular complexity index is 678. The molecule has 0 bridgehead atoms. The van der Waals surface area contributed by atoms with Gasteiger partial charge in [-0.3, -0.25) is 0 Å². The average molecular weight is 302 g/mol. The molecule has 0 aromatic carbocycles. The number of halogens is 1. The van der Waals surface area contributed by atoms with Crippen molar-refractivity contribution in [1.82, 2.24) is 9.97 Å². The third-order valence-corrected chi connectivity index (χ3v) is 5.19. The number of aromatic amines is 1. The highest BCUT2D eigenvalue weighted by Crippen LogP contribution is 2.36. The molecule has 3 heterocycles. The van der Waals surface area contributed by atoms with Crippen LogP contribution in [-0.2, 0) is 0 Å². The Kier molecular flexibility index (Phi) is 3.45. The second-order valence-electron chi connectivity index (χ2n) is 6.52. The number of aliphatic hydroxyl groups is 1. The van der Waals surface area contributed by atoms with E-state index in [1.165, 1.54) is 25.3 Å². The maximum Gasteiger partial charge on any atom is 0.242 e. The zero-order valence-corrected chi connectivity index (χ0v) is 12.5. The van der Waals surface area contributed by atoms with Crippen molar-refractivity contribution in [2.24, 2.45) is 5.92 Å². The van der Waals surface area contributed by atoms with Gasteiger partial charge in [0, 0.05) is 6.42 Å². The number of aliphatic hydroxyl groups excluding tert-OH is 1. The molecule has 0 radical (unpaired) electrons. The van der Waals surface area contributed by atoms with Crippen molar-refractivity contribution in [1.29, 1.82) is 0 Å². The summed E-state index contributed by atoms with van der Waals surface area (Å²) in [6, 6.07) is 3.10. The molecule has 1 aliphatic carbocycles. The first-order valence-corrected chi connectivity index (χ1v) is 8.17. The minimum Gasteiger partial charge on any atom is -0.393 e. The standard InChI is InChI=1S/C17H20FN3O/c18-16-7-6-12-14-9-19-10-21(14)13(17(12)20-16)8-15(22)11-4-2-1-3-5-11/h6-7,9-11,13,15,22H,1-5,8H2/p+1. The lowest BCUT2D eigenvalue weighted by atomic mass is 9.83. The zero-order valence-electron chi connectivity index (χ0n) is 12.5. The van der Waals surface area contributed by atoms with E-state index in [4.69, 9.17) is 0 Å². The average Bonchev–Trinajstić information content (AvgIpc) is 3.11. The molecule has 22 heavy (non-hydrogen) atoms. The largest absolute Gasteiger partial charge is 0.393 e. The van der Waals surface area contributed by atoms with Crippen LogP contribution < -0.4 is 4.57 Å². The van der Waals surface area contributed by atoms with Crippen LogP contribution in [0, 0.1) is 11.9 Å². The molecule has 2 N–H and O–H groups in total. The van der Waals surface area contributed by atoms with Crippen LogP contribution in [0.3, 0.4) is 0 Å². The molecule has 4 rings (SSSR count). The lowest BCUT2D eigenvalue weighted by molar-refractivity contribution is -0.699. The van der Waals surface area contributed by atoms with Crippen molar-refractivity contribution in [3.63, 3.8) is 0 Å². The van der Waals surface area contributed by atoms with E-state index in [0.29, 0.717) is 12.3 Å². The van der Waals surface area contributed by atoms with Gasteiger partial charge in [0.25, 0.3) is 0 Å². The minimum atomic E-state index is -0.453. The van der Waals surface area contributed by atoms with Crippen LogP contribution >= 0.6 is 0 Å². The topological polar surface area (TPSA) is 52.8 Å². The van der Waals surface area contributed by atoms with Gasteiger partial charge in [-0.2, -0.15) is 4.39 Å². The Morgan fingerprint density at radius 1 is 1.32 bits per heavy atom. The second-order valence-corrected chi connectivity index (χ2v) is 6.52. The lowest BCUT2D eigenvalue weighted by Crippen LogP contribution is -2.39. The van der Waals surface area contributed by atoms with Crippen molar-refractivity contribution in [2.45, 2.75) is 50.7 Å². The van der Waals surface area contributed by atoms with Crippen molar-refractivity contribution >= 4 is 0 Å². The SMILES string of the molecule is OC(CC1c2nc(F)ccc2-c2c[nH]c[n+]21)C1CCCCC1. The third-order valence-electron chi connectivity index (χ3n) is 5.19. The molecule has 2 aromatic rings. The summed E-state index contributed by atoms with van der Waals surface area (Å²) in [5, 5.41) is 10.6. The van der Waals surface area contributed by atoms with Crippen molar-refractivity contribution < 1.29 is 14.1 Å². The van der Waals surface area contributed by atoms with Crippen LogP contribution in [0.4, 0.5) is 4.39 Å². The number of aromatic nitrogens is 3. The Morgan fingerprint density at radius 2 is 2.14 bits per heavy atom. The molecular formula is C17H21FN3O+. The lowest BCUT2D eigenvalue weighted by Gasteiger charge is -2.27. The van der Waals surface area contributed by atoms with E-state index >= 15 is 0 Å². The highest BCUT2D eigenvalue weighted by atomic mass is 19.1. The number of rotatable bonds is 3. The smallest absolute Gasteiger partial charge is 0.242 e. The number of imidazole rings is 1. The summed E-state index contributed by atoms with van der Waals surface area (Å²) in [7, 11) is 0. The monoisotopic (exact) mass is 302 g/mol. The zero-order chi connectivity index (χ0) is 15.1. The van der Waals surface area contributed by atoms with Crippen molar-refractivity contribution in [3.05, 3.63) is 36.3 Å². The number of pyridine rings is 1. The van der Waals surface area contributed by atoms with Gasteiger partial charge in [0.05, 0.1) is 11.7 Å². The third kappa shape index (κ3) is 2.24. The number of hydrogen-bond donors (Lipinski definition) is 2. The van der Waals surface area contributed by atoms with E-state index in [9.17, 15) is 9.50 Å². The molecule has 1 saturated carbocycles. The van der Waals surface area contributed by atoms with Crippen LogP contribution in [0.1, 0.15) is 50.3 Å². The highest BCUT2D eigenvalue weighted by molar-refractivity contribution is 5.61. The van der Waals surface area contributed by atoms with Gasteiger partial charge >= 0.3 is 0 Å². The van der Waals surface area contributed by atoms with Gasteiger partial charge in [-0.15, -0.1) is 0 Å². The predicted octanol–water partition coefficient (Wildman–Crippen LogP) is 2.74. The second kappa shape index (κ2) is 5.47. The molecule has 2 unspecified atom stereocenters. The molecule has 2 atom stereocenters. The van der Waals surface area contributed by atoms with Gasteiger partial charge in [-0.05, 0) is 30.9 Å². The molecule has 0 amide bonds. The van der Waals surface area contributed by atoms with Gasteiger partial charge in [0.15, 0.2) is 5.69 Å². The number of fused-ring (bicyclic) bond motifs is 3. The molecule has 0 spiro atoms. The Balaban J connectivity index is 1.63. The Hall–Kier alpha value is -1.75. The summed E-state index contributed by atoms with van der Waals surface area (Å²) in [6.45, 7) is 0. The van der Waals surface area contributed by atoms with E-state index in [-0.39, 0.29) is 12.1 Å². The summed E-state index contributed by atoms with van der Waals surface area (Å²) < 4.78 is 15.6. The fourth-order valence-corrected chi connectivity index (χ4v) is 4.03. The predicted molar refractivity (Wildman–Crippen MR) is 79.5 cm³/mol. The van der Waals surface area contributed by atoms with Gasteiger partial charge in [0.2, 0.25) is 12.3 Å². The highest BCUT2D eigenvalue weighted by Gasteiger charge is 2.38. The number of H-pyrrole nitrogens is 1. The molecule has 5 heteroatoms. The number of nitrogens with one attached hydrogen (secondary N) is 1. The Morgan fingerprint density at radius 3 is 2.95 bits per heavy atom. The van der Waals surface area contributed by atoms with Gasteiger partial charge in [-0.1, -0.05) is 19.3 Å². The van der Waals surface area contributed by atoms with E-state index in [1.54, 1.807) is 6.07 Å². The molecule has 0 saturated heterocycles. The number of hydrogen-bond acceptors (Lipinski definition) is 2. The molecule has 116 valence electrons. The molecule has 2 aromatic heterocycles. The van der Waals surface area contributed by atoms with Crippen LogP contribution in [0.2, 0.25) is 0 Å². The summed E-state index contributed by atoms with van der Waals surface area (Å²) in [5.41, 5.74) is 2.73. The first-order chi connectivity index (χ1) is 10.7. The maximum atomic E-state index is 13.6. The van der Waals surface area contributed by atoms with Crippen LogP contribution in [-0.4, -0.2) is 21.2 Å². The summed E-state index contributed by atoms with van der Waals surface area (Å²) in [4.78, 5) is 7.21. The summed E-state index contributed by atoms with van der Waals surface area (Å²) >= 11 is 0. The molecule has 2 aliphatic rings. The summed E-state index contributed by atoms with van der Waals surface area (Å²) in [6.07, 6.45) is 9.93. The molecule has 1 fully saturated rings. The van der Waals surface area contributed by atoms with Crippen LogP contribution in [0.25, 0.3) is 11.3 Å². The van der Waals surface area contributed by atoms with Gasteiger partial charge < -0.3 is 5.11 Å². The maximum absolute atomic E-state index is 13.6. The van der Waals surface area contributed by atoms with Crippen molar-refractivity contribution in [3.8, 4) is 11.3 Å². The first-order valence-electron chi connectivity index (χ1n) is 8.17. The van der Waals surface area contributed by atoms with Crippen LogP contribution in [0.15, 0.2) is 24.7 Å². The summed E-state index contributed by atoms with van der Waals surface area (Å²) in [5.74, 6) is -0.0833. The van der Waals surface area contributed by atoms with E-state index < -0.39 is 5.95 Å². The van der Waals surface area contributed by atoms with Gasteiger partial charge in [-0.25, -0.2) is 14.5 Å². The van der Waals surface area contributed by atoms with E-state index in [1.807, 2.05) is 12.5 Å². The fraction of sp³-hybridized carbons (Fsp3) is 0.529. The first kappa shape index (κ1) is 13.9.